The first-order valence-electron chi connectivity index (χ1n) is 9.62. The van der Waals surface area contributed by atoms with Gasteiger partial charge in [-0.1, -0.05) is 35.9 Å². The molecular formula is C24H19N3O4. The number of anilines is 2. The number of carbonyl (C=O) groups excluding carboxylic acids is 2. The predicted molar refractivity (Wildman–Crippen MR) is 117 cm³/mol. The Bertz CT molecular complexity index is 1180. The third-order valence-electron chi connectivity index (χ3n) is 5.08. The van der Waals surface area contributed by atoms with Gasteiger partial charge in [0, 0.05) is 17.5 Å². The molecule has 3 aromatic carbocycles. The summed E-state index contributed by atoms with van der Waals surface area (Å²) in [6.45, 7) is 1.93. The van der Waals surface area contributed by atoms with Gasteiger partial charge in [-0.25, -0.2) is 10.2 Å². The van der Waals surface area contributed by atoms with E-state index in [1.807, 2.05) is 43.3 Å². The van der Waals surface area contributed by atoms with Gasteiger partial charge in [0.1, 0.15) is 5.92 Å². The van der Waals surface area contributed by atoms with Crippen LogP contribution in [-0.4, -0.2) is 29.1 Å². The molecule has 7 nitrogen and oxygen atoms in total. The highest BCUT2D eigenvalue weighted by Gasteiger charge is 2.37. The quantitative estimate of drug-likeness (QED) is 0.490. The van der Waals surface area contributed by atoms with Gasteiger partial charge in [0.05, 0.1) is 11.3 Å². The van der Waals surface area contributed by atoms with E-state index in [1.54, 1.807) is 24.3 Å². The number of hydrazone groups is 1. The zero-order valence-electron chi connectivity index (χ0n) is 16.6. The zero-order valence-corrected chi connectivity index (χ0v) is 16.6. The lowest BCUT2D eigenvalue weighted by Crippen LogP contribution is -2.25. The van der Waals surface area contributed by atoms with Gasteiger partial charge >= 0.3 is 5.97 Å². The maximum atomic E-state index is 13.2. The van der Waals surface area contributed by atoms with Crippen molar-refractivity contribution < 1.29 is 19.5 Å². The summed E-state index contributed by atoms with van der Waals surface area (Å²) in [5.41, 5.74) is 6.13. The minimum atomic E-state index is -1.03. The van der Waals surface area contributed by atoms with E-state index in [1.165, 1.54) is 23.2 Å². The summed E-state index contributed by atoms with van der Waals surface area (Å²) in [4.78, 5) is 38.1. The highest BCUT2D eigenvalue weighted by molar-refractivity contribution is 6.17. The average molecular weight is 413 g/mol. The summed E-state index contributed by atoms with van der Waals surface area (Å²) < 4.78 is 0. The fourth-order valence-electron chi connectivity index (χ4n) is 3.45. The third-order valence-corrected chi connectivity index (χ3v) is 5.08. The number of carboxylic acid groups (broad SMARTS) is 1. The van der Waals surface area contributed by atoms with E-state index in [4.69, 9.17) is 5.11 Å². The van der Waals surface area contributed by atoms with Crippen molar-refractivity contribution in [2.45, 2.75) is 12.8 Å². The molecule has 0 fully saturated rings. The fraction of sp³-hybridized carbons (Fsp3) is 0.0833. The number of nitrogens with zero attached hydrogens (tertiary/aromatic N) is 2. The van der Waals surface area contributed by atoms with Crippen LogP contribution in [0.5, 0.6) is 0 Å². The molecule has 154 valence electrons. The summed E-state index contributed by atoms with van der Waals surface area (Å²) in [5.74, 6) is -2.31. The Labute approximate surface area is 178 Å². The second-order valence-electron chi connectivity index (χ2n) is 7.15. The first-order valence-corrected chi connectivity index (χ1v) is 9.62. The number of carbonyl (C=O) groups is 3. The van der Waals surface area contributed by atoms with Crippen LogP contribution in [0, 0.1) is 6.92 Å². The maximum absolute atomic E-state index is 13.2. The molecule has 0 aliphatic carbocycles. The van der Waals surface area contributed by atoms with Crippen LogP contribution in [0.1, 0.15) is 37.8 Å². The number of hydrogen-bond donors (Lipinski definition) is 2. The van der Waals surface area contributed by atoms with Gasteiger partial charge in [-0.3, -0.25) is 14.5 Å². The Morgan fingerprint density at radius 1 is 0.968 bits per heavy atom. The van der Waals surface area contributed by atoms with Gasteiger partial charge in [-0.2, -0.15) is 5.10 Å². The van der Waals surface area contributed by atoms with Crippen LogP contribution in [0.3, 0.4) is 0 Å². The molecule has 0 saturated carbocycles. The minimum Gasteiger partial charge on any atom is -0.478 e. The molecule has 1 heterocycles. The minimum absolute atomic E-state index is 0.139. The van der Waals surface area contributed by atoms with Crippen LogP contribution < -0.4 is 10.3 Å². The Hall–Kier alpha value is -4.26. The van der Waals surface area contributed by atoms with Crippen molar-refractivity contribution >= 4 is 35.4 Å². The highest BCUT2D eigenvalue weighted by atomic mass is 16.4. The molecule has 0 radical (unpaired) electrons. The maximum Gasteiger partial charge on any atom is 0.335 e. The van der Waals surface area contributed by atoms with E-state index in [-0.39, 0.29) is 17.4 Å². The molecule has 0 spiro atoms. The van der Waals surface area contributed by atoms with Gasteiger partial charge < -0.3 is 5.11 Å². The molecule has 1 aliphatic heterocycles. The standard InChI is InChI=1S/C24H19N3O4/c1-15-6-8-16(9-7-15)22(28)26-25-14-20-19-4-2-3-5-21(19)27(23(20)29)18-12-10-17(11-13-18)24(30)31/h2-14,20H,1H3,(H,26,28)(H,30,31). The van der Waals surface area contributed by atoms with E-state index < -0.39 is 11.9 Å². The van der Waals surface area contributed by atoms with Gasteiger partial charge in [-0.05, 0) is 55.0 Å². The molecule has 1 atom stereocenters. The molecule has 7 heteroatoms. The summed E-state index contributed by atoms with van der Waals surface area (Å²) >= 11 is 0. The van der Waals surface area contributed by atoms with Crippen molar-refractivity contribution in [3.05, 3.63) is 95.1 Å². The summed E-state index contributed by atoms with van der Waals surface area (Å²) in [6.07, 6.45) is 1.42. The van der Waals surface area contributed by atoms with Gasteiger partial charge in [0.2, 0.25) is 5.91 Å². The molecular weight excluding hydrogens is 394 g/mol. The largest absolute Gasteiger partial charge is 0.478 e. The smallest absolute Gasteiger partial charge is 0.335 e. The zero-order chi connectivity index (χ0) is 22.0. The number of aryl methyl sites for hydroxylation is 1. The van der Waals surface area contributed by atoms with Crippen molar-refractivity contribution in [1.82, 2.24) is 5.43 Å². The number of nitrogens with one attached hydrogen (secondary N) is 1. The number of benzene rings is 3. The van der Waals surface area contributed by atoms with Crippen LogP contribution in [0.2, 0.25) is 0 Å². The van der Waals surface area contributed by atoms with E-state index in [2.05, 4.69) is 10.5 Å². The fourth-order valence-corrected chi connectivity index (χ4v) is 3.45. The number of fused-ring (bicyclic) bond motifs is 1. The summed E-state index contributed by atoms with van der Waals surface area (Å²) in [5, 5.41) is 13.1. The molecule has 2 amide bonds. The number of aromatic carboxylic acids is 1. The number of para-hydroxylation sites is 1. The van der Waals surface area contributed by atoms with Crippen molar-refractivity contribution in [3.63, 3.8) is 0 Å². The van der Waals surface area contributed by atoms with E-state index in [9.17, 15) is 14.4 Å². The van der Waals surface area contributed by atoms with Crippen molar-refractivity contribution in [1.29, 1.82) is 0 Å². The molecule has 0 bridgehead atoms. The average Bonchev–Trinajstić information content (AvgIpc) is 3.05. The van der Waals surface area contributed by atoms with Crippen LogP contribution in [0.25, 0.3) is 0 Å². The lowest BCUT2D eigenvalue weighted by atomic mass is 10.0. The molecule has 1 aliphatic rings. The Balaban J connectivity index is 1.57. The molecule has 0 aromatic heterocycles. The summed E-state index contributed by atoms with van der Waals surface area (Å²) in [6, 6.07) is 20.5. The Morgan fingerprint density at radius 2 is 1.61 bits per heavy atom. The molecule has 31 heavy (non-hydrogen) atoms. The molecule has 1 unspecified atom stereocenters. The number of hydrogen-bond acceptors (Lipinski definition) is 4. The second-order valence-corrected chi connectivity index (χ2v) is 7.15. The van der Waals surface area contributed by atoms with E-state index in [0.717, 1.165) is 11.1 Å². The molecule has 3 aromatic rings. The monoisotopic (exact) mass is 413 g/mol. The Kier molecular flexibility index (Phi) is 5.32. The normalized spacial score (nSPS) is 15.2. The molecule has 4 rings (SSSR count). The van der Waals surface area contributed by atoms with Crippen LogP contribution >= 0.6 is 0 Å². The lowest BCUT2D eigenvalue weighted by molar-refractivity contribution is -0.117. The Morgan fingerprint density at radius 3 is 2.29 bits per heavy atom. The molecule has 0 saturated heterocycles. The van der Waals surface area contributed by atoms with Gasteiger partial charge in [0.25, 0.3) is 5.91 Å². The topological polar surface area (TPSA) is 99.1 Å². The first kappa shape index (κ1) is 20.0. The van der Waals surface area contributed by atoms with Crippen LogP contribution in [0.4, 0.5) is 11.4 Å². The summed E-state index contributed by atoms with van der Waals surface area (Å²) in [7, 11) is 0. The van der Waals surface area contributed by atoms with E-state index >= 15 is 0 Å². The third kappa shape index (κ3) is 3.93. The van der Waals surface area contributed by atoms with Crippen LogP contribution in [0.15, 0.2) is 77.9 Å². The first-order chi connectivity index (χ1) is 15.0. The second kappa shape index (κ2) is 8.23. The van der Waals surface area contributed by atoms with Gasteiger partial charge in [0.15, 0.2) is 0 Å². The highest BCUT2D eigenvalue weighted by Crippen LogP contribution is 2.41. The van der Waals surface area contributed by atoms with Crippen molar-refractivity contribution in [2.24, 2.45) is 5.10 Å². The number of amides is 2. The van der Waals surface area contributed by atoms with E-state index in [0.29, 0.717) is 16.9 Å². The molecule has 2 N–H and O–H groups in total. The number of rotatable bonds is 5. The SMILES string of the molecule is Cc1ccc(C(=O)NN=CC2C(=O)N(c3ccc(C(=O)O)cc3)c3ccccc32)cc1. The lowest BCUT2D eigenvalue weighted by Gasteiger charge is -2.18. The van der Waals surface area contributed by atoms with Crippen LogP contribution in [-0.2, 0) is 4.79 Å². The number of carboxylic acids is 1. The van der Waals surface area contributed by atoms with Crippen molar-refractivity contribution in [3.8, 4) is 0 Å². The van der Waals surface area contributed by atoms with Gasteiger partial charge in [-0.15, -0.1) is 0 Å². The predicted octanol–water partition coefficient (Wildman–Crippen LogP) is 3.87. The van der Waals surface area contributed by atoms with Crippen molar-refractivity contribution in [2.75, 3.05) is 4.90 Å².